The smallest absolute Gasteiger partial charge is 0.248 e. The third-order valence-electron chi connectivity index (χ3n) is 4.73. The van der Waals surface area contributed by atoms with Gasteiger partial charge in [0.2, 0.25) is 15.9 Å². The minimum Gasteiger partial charge on any atom is -0.493 e. The van der Waals surface area contributed by atoms with Gasteiger partial charge in [-0.3, -0.25) is 0 Å². The molecule has 0 aliphatic heterocycles. The quantitative estimate of drug-likeness (QED) is 0.777. The molecule has 6 nitrogen and oxygen atoms in total. The molecule has 2 aromatic rings. The summed E-state index contributed by atoms with van der Waals surface area (Å²) in [6.45, 7) is 1.54. The molecule has 0 saturated heterocycles. The predicted octanol–water partition coefficient (Wildman–Crippen LogP) is 2.99. The van der Waals surface area contributed by atoms with Gasteiger partial charge in [-0.25, -0.2) is 26.6 Å². The third-order valence-corrected chi connectivity index (χ3v) is 6.15. The second kappa shape index (κ2) is 7.93. The maximum absolute atomic E-state index is 13.8. The number of hydrogen-bond acceptors (Lipinski definition) is 4. The van der Waals surface area contributed by atoms with Crippen LogP contribution in [0.25, 0.3) is 5.69 Å². The number of ether oxygens (including phenoxy) is 1. The van der Waals surface area contributed by atoms with Crippen LogP contribution >= 0.6 is 0 Å². The van der Waals surface area contributed by atoms with Crippen LogP contribution in [-0.4, -0.2) is 42.5 Å². The van der Waals surface area contributed by atoms with Gasteiger partial charge in [0.25, 0.3) is 0 Å². The SMILES string of the molecule is CCS(=O)(=O)N[C@H]1CCC(F)(F)C[C@@H]1COc1ccc(-n2cccn2)cc1. The van der Waals surface area contributed by atoms with Gasteiger partial charge in [-0.2, -0.15) is 5.10 Å². The molecule has 27 heavy (non-hydrogen) atoms. The lowest BCUT2D eigenvalue weighted by molar-refractivity contribution is -0.0660. The van der Waals surface area contributed by atoms with E-state index in [9.17, 15) is 17.2 Å². The third kappa shape index (κ3) is 5.26. The molecule has 1 saturated carbocycles. The van der Waals surface area contributed by atoms with Crippen molar-refractivity contribution in [3.63, 3.8) is 0 Å². The van der Waals surface area contributed by atoms with Gasteiger partial charge in [-0.05, 0) is 43.7 Å². The van der Waals surface area contributed by atoms with Crippen LogP contribution in [0.4, 0.5) is 8.78 Å². The summed E-state index contributed by atoms with van der Waals surface area (Å²) in [4.78, 5) is 0. The molecule has 0 amide bonds. The van der Waals surface area contributed by atoms with Gasteiger partial charge in [0, 0.05) is 37.2 Å². The molecule has 2 atom stereocenters. The molecule has 1 aromatic heterocycles. The molecule has 0 unspecified atom stereocenters. The summed E-state index contributed by atoms with van der Waals surface area (Å²) in [5, 5.41) is 4.13. The van der Waals surface area contributed by atoms with Crippen molar-refractivity contribution < 1.29 is 21.9 Å². The maximum atomic E-state index is 13.8. The molecule has 1 fully saturated rings. The van der Waals surface area contributed by atoms with E-state index in [0.29, 0.717) is 5.75 Å². The molecule has 1 aliphatic rings. The molecule has 148 valence electrons. The first-order valence-electron chi connectivity index (χ1n) is 8.89. The lowest BCUT2D eigenvalue weighted by Crippen LogP contribution is -2.48. The largest absolute Gasteiger partial charge is 0.493 e. The van der Waals surface area contributed by atoms with Crippen LogP contribution in [0.15, 0.2) is 42.7 Å². The van der Waals surface area contributed by atoms with Gasteiger partial charge in [-0.1, -0.05) is 0 Å². The molecule has 3 rings (SSSR count). The Morgan fingerprint density at radius 1 is 1.33 bits per heavy atom. The van der Waals surface area contributed by atoms with Gasteiger partial charge < -0.3 is 4.74 Å². The number of sulfonamides is 1. The highest BCUT2D eigenvalue weighted by Crippen LogP contribution is 2.37. The topological polar surface area (TPSA) is 73.2 Å². The van der Waals surface area contributed by atoms with Gasteiger partial charge in [0.05, 0.1) is 18.0 Å². The monoisotopic (exact) mass is 399 g/mol. The van der Waals surface area contributed by atoms with Gasteiger partial charge in [0.1, 0.15) is 5.75 Å². The number of hydrogen-bond donors (Lipinski definition) is 1. The second-order valence-corrected chi connectivity index (χ2v) is 8.78. The van der Waals surface area contributed by atoms with Crippen molar-refractivity contribution in [1.82, 2.24) is 14.5 Å². The van der Waals surface area contributed by atoms with Crippen LogP contribution in [0.3, 0.4) is 0 Å². The van der Waals surface area contributed by atoms with E-state index in [1.54, 1.807) is 23.0 Å². The van der Waals surface area contributed by atoms with Crippen molar-refractivity contribution in [2.75, 3.05) is 12.4 Å². The summed E-state index contributed by atoms with van der Waals surface area (Å²) in [5.41, 5.74) is 0.852. The molecule has 9 heteroatoms. The molecule has 1 aliphatic carbocycles. The summed E-state index contributed by atoms with van der Waals surface area (Å²) in [5.74, 6) is -2.94. The highest BCUT2D eigenvalue weighted by molar-refractivity contribution is 7.89. The number of benzene rings is 1. The summed E-state index contributed by atoms with van der Waals surface area (Å²) < 4.78 is 61.3. The summed E-state index contributed by atoms with van der Waals surface area (Å²) in [6.07, 6.45) is 2.86. The zero-order chi connectivity index (χ0) is 19.5. The minimum atomic E-state index is -3.46. The first-order chi connectivity index (χ1) is 12.8. The average molecular weight is 399 g/mol. The van der Waals surface area contributed by atoms with Crippen molar-refractivity contribution in [3.8, 4) is 11.4 Å². The fourth-order valence-corrected chi connectivity index (χ4v) is 4.13. The van der Waals surface area contributed by atoms with Crippen molar-refractivity contribution in [2.45, 2.75) is 38.2 Å². The van der Waals surface area contributed by atoms with E-state index in [-0.39, 0.29) is 25.2 Å². The van der Waals surface area contributed by atoms with Crippen molar-refractivity contribution in [2.24, 2.45) is 5.92 Å². The lowest BCUT2D eigenvalue weighted by atomic mass is 9.83. The summed E-state index contributed by atoms with van der Waals surface area (Å²) in [6, 6.07) is 8.37. The van der Waals surface area contributed by atoms with Crippen molar-refractivity contribution in [3.05, 3.63) is 42.7 Å². The number of rotatable bonds is 7. The standard InChI is InChI=1S/C18H23F2N3O3S/c1-2-27(24,25)22-17-8-9-18(19,20)12-14(17)13-26-16-6-4-15(5-7-16)23-11-3-10-21-23/h3-7,10-11,14,17,22H,2,8-9,12-13H2,1H3/t14-,17+/m1/s1. The zero-order valence-corrected chi connectivity index (χ0v) is 15.8. The number of alkyl halides is 2. The van der Waals surface area contributed by atoms with Gasteiger partial charge in [0.15, 0.2) is 0 Å². The maximum Gasteiger partial charge on any atom is 0.248 e. The van der Waals surface area contributed by atoms with E-state index in [1.807, 2.05) is 24.4 Å². The van der Waals surface area contributed by atoms with Crippen LogP contribution in [0, 0.1) is 5.92 Å². The number of halogens is 2. The van der Waals surface area contributed by atoms with Crippen LogP contribution in [0.2, 0.25) is 0 Å². The van der Waals surface area contributed by atoms with Crippen LogP contribution in [-0.2, 0) is 10.0 Å². The Bertz CT molecular complexity index is 839. The fourth-order valence-electron chi connectivity index (χ4n) is 3.19. The van der Waals surface area contributed by atoms with E-state index >= 15 is 0 Å². The Labute approximate surface area is 157 Å². The highest BCUT2D eigenvalue weighted by Gasteiger charge is 2.42. The molecular weight excluding hydrogens is 376 g/mol. The Kier molecular flexibility index (Phi) is 5.81. The molecule has 0 radical (unpaired) electrons. The molecule has 1 heterocycles. The Hall–Kier alpha value is -2.00. The average Bonchev–Trinajstić information content (AvgIpc) is 3.17. The Balaban J connectivity index is 1.65. The minimum absolute atomic E-state index is 0.0214. The second-order valence-electron chi connectivity index (χ2n) is 6.74. The lowest BCUT2D eigenvalue weighted by Gasteiger charge is -2.36. The molecule has 0 bridgehead atoms. The van der Waals surface area contributed by atoms with E-state index < -0.39 is 34.3 Å². The van der Waals surface area contributed by atoms with E-state index in [2.05, 4.69) is 9.82 Å². The van der Waals surface area contributed by atoms with Gasteiger partial charge >= 0.3 is 0 Å². The molecule has 0 spiro atoms. The first kappa shape index (κ1) is 19.8. The van der Waals surface area contributed by atoms with Crippen LogP contribution < -0.4 is 9.46 Å². The fraction of sp³-hybridized carbons (Fsp3) is 0.500. The normalized spacial score (nSPS) is 22.5. The number of nitrogens with one attached hydrogen (secondary N) is 1. The molecular formula is C18H23F2N3O3S. The van der Waals surface area contributed by atoms with E-state index in [4.69, 9.17) is 4.74 Å². The number of aromatic nitrogens is 2. The van der Waals surface area contributed by atoms with Gasteiger partial charge in [-0.15, -0.1) is 0 Å². The van der Waals surface area contributed by atoms with E-state index in [0.717, 1.165) is 5.69 Å². The molecule has 1 aromatic carbocycles. The van der Waals surface area contributed by atoms with Crippen molar-refractivity contribution in [1.29, 1.82) is 0 Å². The Morgan fingerprint density at radius 2 is 2.07 bits per heavy atom. The Morgan fingerprint density at radius 3 is 2.70 bits per heavy atom. The summed E-state index contributed by atoms with van der Waals surface area (Å²) >= 11 is 0. The first-order valence-corrected chi connectivity index (χ1v) is 10.5. The predicted molar refractivity (Wildman–Crippen MR) is 97.7 cm³/mol. The van der Waals surface area contributed by atoms with Crippen LogP contribution in [0.1, 0.15) is 26.2 Å². The van der Waals surface area contributed by atoms with E-state index in [1.165, 1.54) is 6.92 Å². The molecule has 1 N–H and O–H groups in total. The van der Waals surface area contributed by atoms with Crippen LogP contribution in [0.5, 0.6) is 5.75 Å². The zero-order valence-electron chi connectivity index (χ0n) is 15.0. The number of nitrogens with zero attached hydrogens (tertiary/aromatic N) is 2. The summed E-state index contributed by atoms with van der Waals surface area (Å²) in [7, 11) is -3.46. The highest BCUT2D eigenvalue weighted by atomic mass is 32.2. The van der Waals surface area contributed by atoms with Crippen molar-refractivity contribution >= 4 is 10.0 Å².